The van der Waals surface area contributed by atoms with Crippen molar-refractivity contribution in [3.8, 4) is 22.6 Å². The highest BCUT2D eigenvalue weighted by molar-refractivity contribution is 6.35. The van der Waals surface area contributed by atoms with Crippen molar-refractivity contribution in [2.24, 2.45) is 0 Å². The van der Waals surface area contributed by atoms with Crippen LogP contribution in [0.15, 0.2) is 69.9 Å². The lowest BCUT2D eigenvalue weighted by Crippen LogP contribution is -2.09. The minimum atomic E-state index is -0.216. The topological polar surface area (TPSA) is 74.7 Å². The molecule has 7 heteroatoms. The van der Waals surface area contributed by atoms with Crippen LogP contribution in [0.1, 0.15) is 5.56 Å². The molecule has 0 saturated carbocycles. The monoisotopic (exact) mass is 441 g/mol. The molecule has 0 saturated heterocycles. The second-order valence-electron chi connectivity index (χ2n) is 6.58. The molecular weight excluding hydrogens is 425 g/mol. The number of hydrogen-bond donors (Lipinski definition) is 1. The van der Waals surface area contributed by atoms with Crippen LogP contribution < -0.4 is 20.6 Å². The van der Waals surface area contributed by atoms with Gasteiger partial charge in [0, 0.05) is 21.7 Å². The van der Waals surface area contributed by atoms with Gasteiger partial charge in [-0.2, -0.15) is 0 Å². The Balaban J connectivity index is 1.66. The van der Waals surface area contributed by atoms with Gasteiger partial charge < -0.3 is 19.6 Å². The summed E-state index contributed by atoms with van der Waals surface area (Å²) in [6, 6.07) is 17.2. The second-order valence-corrected chi connectivity index (χ2v) is 7.42. The third-order valence-electron chi connectivity index (χ3n) is 4.68. The molecule has 0 aliphatic heterocycles. The number of hydrogen-bond acceptors (Lipinski definition) is 5. The highest BCUT2D eigenvalue weighted by atomic mass is 35.5. The summed E-state index contributed by atoms with van der Waals surface area (Å²) in [6.07, 6.45) is 0. The second kappa shape index (κ2) is 8.30. The van der Waals surface area contributed by atoms with Crippen molar-refractivity contribution in [2.75, 3.05) is 12.8 Å². The number of methoxy groups -OCH3 is 1. The average molecular weight is 442 g/mol. The van der Waals surface area contributed by atoms with E-state index < -0.39 is 0 Å². The Morgan fingerprint density at radius 1 is 0.967 bits per heavy atom. The molecule has 1 heterocycles. The Kier molecular flexibility index (Phi) is 5.57. The lowest BCUT2D eigenvalue weighted by molar-refractivity contribution is 0.306. The van der Waals surface area contributed by atoms with Gasteiger partial charge in [-0.15, -0.1) is 0 Å². The van der Waals surface area contributed by atoms with Gasteiger partial charge in [-0.05, 0) is 42.0 Å². The van der Waals surface area contributed by atoms with Crippen LogP contribution in [-0.4, -0.2) is 7.11 Å². The van der Waals surface area contributed by atoms with E-state index in [9.17, 15) is 4.79 Å². The van der Waals surface area contributed by atoms with Gasteiger partial charge in [-0.1, -0.05) is 41.4 Å². The number of rotatable bonds is 5. The molecule has 0 aliphatic carbocycles. The number of benzene rings is 3. The van der Waals surface area contributed by atoms with E-state index in [1.807, 2.05) is 0 Å². The number of ether oxygens (including phenoxy) is 2. The van der Waals surface area contributed by atoms with Gasteiger partial charge in [0.05, 0.1) is 18.1 Å². The minimum absolute atomic E-state index is 0.0376. The summed E-state index contributed by atoms with van der Waals surface area (Å²) in [5, 5.41) is 1.48. The molecule has 1 aromatic heterocycles. The van der Waals surface area contributed by atoms with Crippen LogP contribution in [0.25, 0.3) is 22.1 Å². The van der Waals surface area contributed by atoms with Crippen LogP contribution in [0.4, 0.5) is 5.88 Å². The molecule has 4 rings (SSSR count). The molecule has 0 unspecified atom stereocenters. The van der Waals surface area contributed by atoms with E-state index >= 15 is 0 Å². The highest BCUT2D eigenvalue weighted by Crippen LogP contribution is 2.30. The molecule has 2 N–H and O–H groups in total. The average Bonchev–Trinajstić information content (AvgIpc) is 2.73. The van der Waals surface area contributed by atoms with Gasteiger partial charge in [0.25, 0.3) is 0 Å². The van der Waals surface area contributed by atoms with Crippen LogP contribution >= 0.6 is 23.2 Å². The summed E-state index contributed by atoms with van der Waals surface area (Å²) < 4.78 is 16.7. The quantitative estimate of drug-likeness (QED) is 0.414. The maximum Gasteiger partial charge on any atom is 0.202 e. The zero-order valence-corrected chi connectivity index (χ0v) is 17.5. The molecule has 0 bridgehead atoms. The van der Waals surface area contributed by atoms with Crippen molar-refractivity contribution in [3.63, 3.8) is 0 Å². The predicted molar refractivity (Wildman–Crippen MR) is 120 cm³/mol. The van der Waals surface area contributed by atoms with Gasteiger partial charge >= 0.3 is 0 Å². The van der Waals surface area contributed by atoms with E-state index in [0.717, 1.165) is 5.56 Å². The van der Waals surface area contributed by atoms with Gasteiger partial charge in [0.2, 0.25) is 11.3 Å². The summed E-state index contributed by atoms with van der Waals surface area (Å²) in [6.45, 7) is 0.241. The zero-order chi connectivity index (χ0) is 21.3. The molecule has 5 nitrogen and oxygen atoms in total. The normalized spacial score (nSPS) is 10.9. The molecule has 0 aliphatic rings. The van der Waals surface area contributed by atoms with E-state index in [0.29, 0.717) is 43.6 Å². The van der Waals surface area contributed by atoms with Crippen molar-refractivity contribution in [3.05, 3.63) is 86.5 Å². The Morgan fingerprint density at radius 2 is 1.70 bits per heavy atom. The molecular formula is C23H17Cl2NO4. The fraction of sp³-hybridized carbons (Fsp3) is 0.0870. The Bertz CT molecular complexity index is 1280. The van der Waals surface area contributed by atoms with Gasteiger partial charge in [0.15, 0.2) is 0 Å². The first kappa shape index (κ1) is 20.1. The van der Waals surface area contributed by atoms with Crippen molar-refractivity contribution >= 4 is 40.1 Å². The third-order valence-corrected chi connectivity index (χ3v) is 5.27. The number of nitrogens with two attached hydrogens (primary N) is 1. The maximum atomic E-state index is 13.0. The smallest absolute Gasteiger partial charge is 0.202 e. The number of fused-ring (bicyclic) bond motifs is 1. The summed E-state index contributed by atoms with van der Waals surface area (Å²) in [5.74, 6) is 1.24. The van der Waals surface area contributed by atoms with Crippen molar-refractivity contribution < 1.29 is 13.9 Å². The van der Waals surface area contributed by atoms with Crippen LogP contribution in [0.5, 0.6) is 11.5 Å². The highest BCUT2D eigenvalue weighted by Gasteiger charge is 2.15. The molecule has 0 amide bonds. The van der Waals surface area contributed by atoms with E-state index in [2.05, 4.69) is 0 Å². The molecule has 0 radical (unpaired) electrons. The largest absolute Gasteiger partial charge is 0.497 e. The predicted octanol–water partition coefficient (Wildman–Crippen LogP) is 5.94. The minimum Gasteiger partial charge on any atom is -0.497 e. The van der Waals surface area contributed by atoms with Crippen LogP contribution in [0, 0.1) is 0 Å². The molecule has 0 fully saturated rings. The fourth-order valence-corrected chi connectivity index (χ4v) is 3.57. The Hall–Kier alpha value is -3.15. The lowest BCUT2D eigenvalue weighted by Gasteiger charge is -2.10. The first-order valence-corrected chi connectivity index (χ1v) is 9.79. The van der Waals surface area contributed by atoms with Crippen LogP contribution in [0.3, 0.4) is 0 Å². The van der Waals surface area contributed by atoms with Gasteiger partial charge in [-0.25, -0.2) is 0 Å². The van der Waals surface area contributed by atoms with Crippen molar-refractivity contribution in [1.29, 1.82) is 0 Å². The molecule has 4 aromatic rings. The van der Waals surface area contributed by atoms with Crippen molar-refractivity contribution in [1.82, 2.24) is 0 Å². The first-order chi connectivity index (χ1) is 14.5. The first-order valence-electron chi connectivity index (χ1n) is 9.04. The fourth-order valence-electron chi connectivity index (χ4n) is 3.11. The molecule has 30 heavy (non-hydrogen) atoms. The molecule has 3 aromatic carbocycles. The van der Waals surface area contributed by atoms with E-state index in [4.69, 9.17) is 42.8 Å². The van der Waals surface area contributed by atoms with Gasteiger partial charge in [0.1, 0.15) is 23.7 Å². The summed E-state index contributed by atoms with van der Waals surface area (Å²) in [5.41, 5.74) is 7.95. The third kappa shape index (κ3) is 3.95. The van der Waals surface area contributed by atoms with Crippen LogP contribution in [-0.2, 0) is 6.61 Å². The lowest BCUT2D eigenvalue weighted by atomic mass is 10.0. The number of nitrogen functional groups attached to an aromatic ring is 1. The number of halogens is 2. The van der Waals surface area contributed by atoms with E-state index in [1.54, 1.807) is 67.8 Å². The SMILES string of the molecule is COc1ccc(-c2c(N)oc3cc(OCc4ccc(Cl)cc4Cl)ccc3c2=O)cc1. The maximum absolute atomic E-state index is 13.0. The summed E-state index contributed by atoms with van der Waals surface area (Å²) in [7, 11) is 1.58. The zero-order valence-electron chi connectivity index (χ0n) is 15.9. The molecule has 0 spiro atoms. The van der Waals surface area contributed by atoms with E-state index in [1.165, 1.54) is 0 Å². The summed E-state index contributed by atoms with van der Waals surface area (Å²) in [4.78, 5) is 13.0. The number of anilines is 1. The Morgan fingerprint density at radius 3 is 2.40 bits per heavy atom. The van der Waals surface area contributed by atoms with Gasteiger partial charge in [-0.3, -0.25) is 4.79 Å². The molecule has 152 valence electrons. The molecule has 0 atom stereocenters. The van der Waals surface area contributed by atoms with Crippen molar-refractivity contribution in [2.45, 2.75) is 6.61 Å². The van der Waals surface area contributed by atoms with E-state index in [-0.39, 0.29) is 17.9 Å². The summed E-state index contributed by atoms with van der Waals surface area (Å²) >= 11 is 12.1. The van der Waals surface area contributed by atoms with Crippen LogP contribution in [0.2, 0.25) is 10.0 Å². The Labute approximate surface area is 182 Å². The standard InChI is InChI=1S/C23H17Cl2NO4/c1-28-16-6-3-13(4-7-16)21-22(27)18-9-8-17(11-20(18)30-23(21)26)29-12-14-2-5-15(24)10-19(14)25/h2-11H,12,26H2,1H3.